The molecule has 0 bridgehead atoms. The maximum absolute atomic E-state index is 12.8. The van der Waals surface area contributed by atoms with Crippen LogP contribution in [-0.2, 0) is 4.79 Å². The van der Waals surface area contributed by atoms with E-state index >= 15 is 0 Å². The van der Waals surface area contributed by atoms with Gasteiger partial charge in [0.2, 0.25) is 5.91 Å². The molecule has 1 aliphatic rings. The number of carbonyl (C=O) groups is 2. The van der Waals surface area contributed by atoms with Crippen molar-refractivity contribution in [3.05, 3.63) is 52.0 Å². The zero-order valence-corrected chi connectivity index (χ0v) is 17.3. The van der Waals surface area contributed by atoms with Gasteiger partial charge in [-0.1, -0.05) is 17.7 Å². The fourth-order valence-corrected chi connectivity index (χ4v) is 4.86. The van der Waals surface area contributed by atoms with E-state index in [0.717, 1.165) is 27.0 Å². The Hall–Kier alpha value is -2.60. The number of likely N-dealkylation sites (tertiary alicyclic amines) is 1. The molecule has 1 saturated heterocycles. The number of aromatic nitrogens is 1. The summed E-state index contributed by atoms with van der Waals surface area (Å²) in [5.41, 5.74) is 4.93. The van der Waals surface area contributed by atoms with Crippen molar-refractivity contribution >= 4 is 39.1 Å². The molecule has 1 fully saturated rings. The molecule has 5 nitrogen and oxygen atoms in total. The molecule has 0 spiro atoms. The Kier molecular flexibility index (Phi) is 4.98. The lowest BCUT2D eigenvalue weighted by Gasteiger charge is -2.31. The topological polar surface area (TPSA) is 65.2 Å². The van der Waals surface area contributed by atoms with Gasteiger partial charge >= 0.3 is 0 Å². The molecular formula is C22H25N3O2S. The Balaban J connectivity index is 1.38. The summed E-state index contributed by atoms with van der Waals surface area (Å²) >= 11 is 1.60. The highest BCUT2D eigenvalue weighted by Gasteiger charge is 2.29. The van der Waals surface area contributed by atoms with Crippen LogP contribution in [0.4, 0.5) is 5.69 Å². The second-order valence-electron chi connectivity index (χ2n) is 7.72. The van der Waals surface area contributed by atoms with Gasteiger partial charge in [-0.05, 0) is 62.3 Å². The van der Waals surface area contributed by atoms with Crippen LogP contribution in [-0.4, -0.2) is 34.8 Å². The van der Waals surface area contributed by atoms with Crippen molar-refractivity contribution in [2.24, 2.45) is 5.92 Å². The smallest absolute Gasteiger partial charge is 0.270 e. The van der Waals surface area contributed by atoms with E-state index in [9.17, 15) is 9.59 Å². The van der Waals surface area contributed by atoms with Crippen LogP contribution < -0.4 is 5.32 Å². The molecule has 2 aromatic heterocycles. The summed E-state index contributed by atoms with van der Waals surface area (Å²) in [5, 5.41) is 6.20. The molecule has 4 rings (SSSR count). The van der Waals surface area contributed by atoms with E-state index in [0.29, 0.717) is 31.6 Å². The number of piperidine rings is 1. The van der Waals surface area contributed by atoms with Gasteiger partial charge in [0.15, 0.2) is 0 Å². The second kappa shape index (κ2) is 7.43. The summed E-state index contributed by atoms with van der Waals surface area (Å²) in [4.78, 5) is 31.6. The molecule has 3 heterocycles. The van der Waals surface area contributed by atoms with Gasteiger partial charge in [0, 0.05) is 30.1 Å². The van der Waals surface area contributed by atoms with Crippen LogP contribution in [0, 0.1) is 26.7 Å². The average Bonchev–Trinajstić information content (AvgIpc) is 3.26. The number of anilines is 1. The van der Waals surface area contributed by atoms with Gasteiger partial charge < -0.3 is 15.2 Å². The fourth-order valence-electron chi connectivity index (χ4n) is 4.08. The van der Waals surface area contributed by atoms with Gasteiger partial charge in [0.25, 0.3) is 5.91 Å². The van der Waals surface area contributed by atoms with Crippen LogP contribution in [0.5, 0.6) is 0 Å². The number of amides is 2. The molecule has 28 heavy (non-hydrogen) atoms. The lowest BCUT2D eigenvalue weighted by Crippen LogP contribution is -2.41. The van der Waals surface area contributed by atoms with Crippen LogP contribution >= 0.6 is 11.3 Å². The number of fused-ring (bicyclic) bond motifs is 1. The molecule has 1 aliphatic heterocycles. The molecule has 0 aliphatic carbocycles. The quantitative estimate of drug-likeness (QED) is 0.678. The number of aromatic amines is 1. The van der Waals surface area contributed by atoms with Crippen LogP contribution in [0.2, 0.25) is 0 Å². The van der Waals surface area contributed by atoms with E-state index in [1.165, 1.54) is 5.56 Å². The normalized spacial score (nSPS) is 15.2. The summed E-state index contributed by atoms with van der Waals surface area (Å²) in [7, 11) is 0. The van der Waals surface area contributed by atoms with Crippen molar-refractivity contribution < 1.29 is 9.59 Å². The summed E-state index contributed by atoms with van der Waals surface area (Å²) < 4.78 is 0. The molecule has 0 saturated carbocycles. The molecule has 3 aromatic rings. The minimum absolute atomic E-state index is 0.0208. The molecule has 2 amide bonds. The van der Waals surface area contributed by atoms with Crippen LogP contribution in [0.3, 0.4) is 0 Å². The van der Waals surface area contributed by atoms with Crippen molar-refractivity contribution in [3.8, 4) is 0 Å². The highest BCUT2D eigenvalue weighted by molar-refractivity contribution is 7.16. The number of aryl methyl sites for hydroxylation is 3. The summed E-state index contributed by atoms with van der Waals surface area (Å²) in [6, 6.07) is 8.10. The maximum atomic E-state index is 12.8. The highest BCUT2D eigenvalue weighted by Crippen LogP contribution is 2.26. The minimum atomic E-state index is -0.0590. The van der Waals surface area contributed by atoms with E-state index < -0.39 is 0 Å². The van der Waals surface area contributed by atoms with E-state index in [1.807, 2.05) is 36.3 Å². The number of benzene rings is 1. The molecule has 146 valence electrons. The highest BCUT2D eigenvalue weighted by atomic mass is 32.1. The van der Waals surface area contributed by atoms with Crippen molar-refractivity contribution in [1.29, 1.82) is 0 Å². The number of hydrogen-bond donors (Lipinski definition) is 2. The van der Waals surface area contributed by atoms with Gasteiger partial charge in [-0.3, -0.25) is 9.59 Å². The number of carbonyl (C=O) groups excluding carboxylic acids is 2. The number of nitrogens with one attached hydrogen (secondary N) is 2. The molecule has 1 aromatic carbocycles. The van der Waals surface area contributed by atoms with Crippen LogP contribution in [0.15, 0.2) is 29.6 Å². The number of nitrogens with zero attached hydrogens (tertiary/aromatic N) is 1. The van der Waals surface area contributed by atoms with E-state index in [4.69, 9.17) is 0 Å². The van der Waals surface area contributed by atoms with Gasteiger partial charge in [0.05, 0.1) is 0 Å². The van der Waals surface area contributed by atoms with Crippen molar-refractivity contribution in [1.82, 2.24) is 9.88 Å². The SMILES string of the molecule is Cc1cc(C)c(NC(=O)C2CCN(C(=O)c3cc4ccsc4[nH]3)CC2)c(C)c1. The monoisotopic (exact) mass is 395 g/mol. The lowest BCUT2D eigenvalue weighted by atomic mass is 9.95. The van der Waals surface area contributed by atoms with Gasteiger partial charge in [-0.2, -0.15) is 0 Å². The average molecular weight is 396 g/mol. The Morgan fingerprint density at radius 1 is 1.11 bits per heavy atom. The fraction of sp³-hybridized carbons (Fsp3) is 0.364. The standard InChI is InChI=1S/C22H25N3O2S/c1-13-10-14(2)19(15(3)11-13)24-20(26)16-4-7-25(8-5-16)22(27)18-12-17-6-9-28-21(17)23-18/h6,9-12,16,23H,4-5,7-8H2,1-3H3,(H,24,26). The lowest BCUT2D eigenvalue weighted by molar-refractivity contribution is -0.121. The Bertz CT molecular complexity index is 990. The first kappa shape index (κ1) is 18.7. The molecule has 0 unspecified atom stereocenters. The largest absolute Gasteiger partial charge is 0.342 e. The summed E-state index contributed by atoms with van der Waals surface area (Å²) in [5.74, 6) is 0.0197. The number of rotatable bonds is 3. The zero-order chi connectivity index (χ0) is 19.8. The number of H-pyrrole nitrogens is 1. The molecule has 0 radical (unpaired) electrons. The Labute approximate surface area is 168 Å². The first-order valence-electron chi connectivity index (χ1n) is 9.66. The molecular weight excluding hydrogens is 370 g/mol. The Morgan fingerprint density at radius 3 is 2.43 bits per heavy atom. The van der Waals surface area contributed by atoms with Crippen LogP contribution in [0.1, 0.15) is 40.0 Å². The predicted octanol–water partition coefficient (Wildman–Crippen LogP) is 4.65. The summed E-state index contributed by atoms with van der Waals surface area (Å²) in [6.07, 6.45) is 1.38. The number of thiophene rings is 1. The van der Waals surface area contributed by atoms with E-state index in [1.54, 1.807) is 11.3 Å². The third kappa shape index (κ3) is 3.56. The zero-order valence-electron chi connectivity index (χ0n) is 16.5. The number of hydrogen-bond acceptors (Lipinski definition) is 3. The molecule has 2 N–H and O–H groups in total. The summed E-state index contributed by atoms with van der Waals surface area (Å²) in [6.45, 7) is 7.33. The van der Waals surface area contributed by atoms with E-state index in [2.05, 4.69) is 29.4 Å². The van der Waals surface area contributed by atoms with Crippen molar-refractivity contribution in [2.75, 3.05) is 18.4 Å². The molecule has 6 heteroatoms. The first-order chi connectivity index (χ1) is 13.4. The van der Waals surface area contributed by atoms with Crippen molar-refractivity contribution in [3.63, 3.8) is 0 Å². The second-order valence-corrected chi connectivity index (χ2v) is 8.63. The first-order valence-corrected chi connectivity index (χ1v) is 10.5. The van der Waals surface area contributed by atoms with Crippen molar-refractivity contribution in [2.45, 2.75) is 33.6 Å². The Morgan fingerprint density at radius 2 is 1.79 bits per heavy atom. The van der Waals surface area contributed by atoms with Crippen LogP contribution in [0.25, 0.3) is 10.2 Å². The predicted molar refractivity (Wildman–Crippen MR) is 114 cm³/mol. The van der Waals surface area contributed by atoms with Gasteiger partial charge in [-0.25, -0.2) is 0 Å². The maximum Gasteiger partial charge on any atom is 0.270 e. The van der Waals surface area contributed by atoms with Gasteiger partial charge in [0.1, 0.15) is 10.5 Å². The third-order valence-corrected chi connectivity index (χ3v) is 6.40. The molecule has 0 atom stereocenters. The third-order valence-electron chi connectivity index (χ3n) is 5.55. The minimum Gasteiger partial charge on any atom is -0.342 e. The van der Waals surface area contributed by atoms with E-state index in [-0.39, 0.29) is 17.7 Å². The van der Waals surface area contributed by atoms with Gasteiger partial charge in [-0.15, -0.1) is 11.3 Å².